The molecule has 3 aromatic rings. The topological polar surface area (TPSA) is 138 Å². The lowest BCUT2D eigenvalue weighted by molar-refractivity contribution is -0.385. The van der Waals surface area contributed by atoms with E-state index in [9.17, 15) is 20.2 Å². The molecule has 1 aliphatic heterocycles. The van der Waals surface area contributed by atoms with Gasteiger partial charge in [0.2, 0.25) is 5.88 Å². The van der Waals surface area contributed by atoms with E-state index in [0.29, 0.717) is 17.9 Å². The molecule has 0 saturated heterocycles. The third-order valence-electron chi connectivity index (χ3n) is 5.95. The summed E-state index contributed by atoms with van der Waals surface area (Å²) in [5, 5.41) is 21.1. The van der Waals surface area contributed by atoms with Gasteiger partial charge in [-0.25, -0.2) is 4.79 Å². The first-order valence-corrected chi connectivity index (χ1v) is 11.8. The van der Waals surface area contributed by atoms with Gasteiger partial charge >= 0.3 is 5.97 Å². The normalized spacial score (nSPS) is 14.2. The number of carbonyl (C=O) groups is 1. The molecule has 0 amide bonds. The first-order valence-electron chi connectivity index (χ1n) is 11.8. The van der Waals surface area contributed by atoms with Crippen molar-refractivity contribution in [3.8, 4) is 23.3 Å². The van der Waals surface area contributed by atoms with Crippen LogP contribution in [0.3, 0.4) is 0 Å². The molecule has 3 aromatic carbocycles. The van der Waals surface area contributed by atoms with E-state index in [1.165, 1.54) is 30.3 Å². The van der Waals surface area contributed by atoms with Crippen molar-refractivity contribution in [2.45, 2.75) is 32.1 Å². The van der Waals surface area contributed by atoms with Crippen LogP contribution in [0.25, 0.3) is 0 Å². The molecule has 188 valence electrons. The SMILES string of the molecule is CCCCCOc1ccc(C2C(C#N)=C(N)Oc3cc(OC(=O)c4ccccc4[N+](=O)[O-])ccc32)cc1. The first kappa shape index (κ1) is 25.3. The Bertz CT molecular complexity index is 1390. The molecule has 9 heteroatoms. The highest BCUT2D eigenvalue weighted by atomic mass is 16.6. The quantitative estimate of drug-likeness (QED) is 0.132. The number of fused-ring (bicyclic) bond motifs is 1. The number of nitrogens with two attached hydrogens (primary N) is 1. The van der Waals surface area contributed by atoms with E-state index in [2.05, 4.69) is 13.0 Å². The highest BCUT2D eigenvalue weighted by Gasteiger charge is 2.31. The van der Waals surface area contributed by atoms with Crippen molar-refractivity contribution in [1.82, 2.24) is 0 Å². The molecule has 9 nitrogen and oxygen atoms in total. The number of unbranched alkanes of at least 4 members (excludes halogenated alkanes) is 2. The maximum absolute atomic E-state index is 12.6. The fraction of sp³-hybridized carbons (Fsp3) is 0.214. The lowest BCUT2D eigenvalue weighted by atomic mass is 9.83. The Morgan fingerprint density at radius 2 is 1.84 bits per heavy atom. The lowest BCUT2D eigenvalue weighted by Gasteiger charge is -2.26. The monoisotopic (exact) mass is 499 g/mol. The van der Waals surface area contributed by atoms with Crippen molar-refractivity contribution in [3.05, 3.63) is 105 Å². The number of benzene rings is 3. The Labute approximate surface area is 213 Å². The predicted molar refractivity (Wildman–Crippen MR) is 135 cm³/mol. The second-order valence-electron chi connectivity index (χ2n) is 8.41. The second kappa shape index (κ2) is 11.3. The molecule has 0 aliphatic carbocycles. The summed E-state index contributed by atoms with van der Waals surface area (Å²) in [6.07, 6.45) is 3.20. The smallest absolute Gasteiger partial charge is 0.350 e. The van der Waals surface area contributed by atoms with Crippen LogP contribution in [0.2, 0.25) is 0 Å². The van der Waals surface area contributed by atoms with Gasteiger partial charge in [-0.2, -0.15) is 5.26 Å². The van der Waals surface area contributed by atoms with E-state index in [1.54, 1.807) is 12.1 Å². The average molecular weight is 500 g/mol. The number of esters is 1. The van der Waals surface area contributed by atoms with Crippen molar-refractivity contribution in [2.75, 3.05) is 6.61 Å². The Morgan fingerprint density at radius 1 is 1.11 bits per heavy atom. The molecule has 2 N–H and O–H groups in total. The van der Waals surface area contributed by atoms with Gasteiger partial charge in [0.05, 0.1) is 17.4 Å². The Morgan fingerprint density at radius 3 is 2.54 bits per heavy atom. The van der Waals surface area contributed by atoms with Crippen molar-refractivity contribution in [2.24, 2.45) is 5.73 Å². The summed E-state index contributed by atoms with van der Waals surface area (Å²) >= 11 is 0. The Hall–Kier alpha value is -4.84. The van der Waals surface area contributed by atoms with Crippen LogP contribution >= 0.6 is 0 Å². The molecule has 0 bridgehead atoms. The summed E-state index contributed by atoms with van der Waals surface area (Å²) in [4.78, 5) is 23.3. The van der Waals surface area contributed by atoms with Crippen molar-refractivity contribution in [1.29, 1.82) is 5.26 Å². The standard InChI is InChI=1S/C28H25N3O6/c1-2-3-6-15-35-19-11-9-18(10-12-19)26-22-14-13-20(16-25(22)37-27(30)23(26)17-29)36-28(32)21-7-4-5-8-24(21)31(33)34/h4-5,7-14,16,26H,2-3,6,15,30H2,1H3. The number of carbonyl (C=O) groups excluding carboxylic acids is 1. The van der Waals surface area contributed by atoms with Crippen LogP contribution in [0.15, 0.2) is 78.2 Å². The van der Waals surface area contributed by atoms with Gasteiger partial charge < -0.3 is 19.9 Å². The third-order valence-corrected chi connectivity index (χ3v) is 5.95. The number of nitrogens with zero attached hydrogens (tertiary/aromatic N) is 2. The predicted octanol–water partition coefficient (Wildman–Crippen LogP) is 5.60. The number of rotatable bonds is 9. The van der Waals surface area contributed by atoms with Gasteiger partial charge in [-0.3, -0.25) is 10.1 Å². The van der Waals surface area contributed by atoms with E-state index >= 15 is 0 Å². The molecule has 0 radical (unpaired) electrons. The van der Waals surface area contributed by atoms with Gasteiger partial charge in [0.15, 0.2) is 0 Å². The van der Waals surface area contributed by atoms with Crippen LogP contribution in [0.4, 0.5) is 5.69 Å². The molecule has 1 unspecified atom stereocenters. The molecular weight excluding hydrogens is 474 g/mol. The van der Waals surface area contributed by atoms with E-state index in [4.69, 9.17) is 19.9 Å². The summed E-state index contributed by atoms with van der Waals surface area (Å²) in [6.45, 7) is 2.77. The van der Waals surface area contributed by atoms with E-state index in [-0.39, 0.29) is 28.5 Å². The maximum atomic E-state index is 12.6. The molecule has 1 heterocycles. The Kier molecular flexibility index (Phi) is 7.69. The maximum Gasteiger partial charge on any atom is 0.350 e. The zero-order valence-electron chi connectivity index (χ0n) is 20.2. The number of hydrogen-bond donors (Lipinski definition) is 1. The zero-order chi connectivity index (χ0) is 26.4. The number of allylic oxidation sites excluding steroid dienone is 1. The summed E-state index contributed by atoms with van der Waals surface area (Å²) in [7, 11) is 0. The molecule has 37 heavy (non-hydrogen) atoms. The summed E-state index contributed by atoms with van der Waals surface area (Å²) in [6, 6.07) is 19.8. The molecule has 0 spiro atoms. The minimum atomic E-state index is -0.879. The summed E-state index contributed by atoms with van der Waals surface area (Å²) < 4.78 is 16.9. The third kappa shape index (κ3) is 5.54. The molecular formula is C28H25N3O6. The van der Waals surface area contributed by atoms with Gasteiger partial charge in [0, 0.05) is 17.7 Å². The number of nitriles is 1. The largest absolute Gasteiger partial charge is 0.494 e. The van der Waals surface area contributed by atoms with Crippen molar-refractivity contribution < 1.29 is 23.9 Å². The van der Waals surface area contributed by atoms with Gasteiger partial charge in [0.25, 0.3) is 5.69 Å². The summed E-state index contributed by atoms with van der Waals surface area (Å²) in [5.74, 6) is -0.265. The number of ether oxygens (including phenoxy) is 3. The molecule has 0 fully saturated rings. The number of nitro groups is 1. The molecule has 1 atom stereocenters. The van der Waals surface area contributed by atoms with E-state index < -0.39 is 16.8 Å². The second-order valence-corrected chi connectivity index (χ2v) is 8.41. The minimum absolute atomic E-state index is 0.0536. The van der Waals surface area contributed by atoms with Gasteiger partial charge in [-0.1, -0.05) is 50.1 Å². The highest BCUT2D eigenvalue weighted by molar-refractivity contribution is 5.95. The first-order chi connectivity index (χ1) is 17.9. The van der Waals surface area contributed by atoms with Crippen LogP contribution in [0.1, 0.15) is 53.6 Å². The number of para-hydroxylation sites is 1. The lowest BCUT2D eigenvalue weighted by Crippen LogP contribution is -2.21. The van der Waals surface area contributed by atoms with E-state index in [1.807, 2.05) is 24.3 Å². The van der Waals surface area contributed by atoms with Gasteiger partial charge in [-0.05, 0) is 36.2 Å². The van der Waals surface area contributed by atoms with Crippen molar-refractivity contribution >= 4 is 11.7 Å². The van der Waals surface area contributed by atoms with Gasteiger partial charge in [-0.15, -0.1) is 0 Å². The molecule has 1 aliphatic rings. The summed E-state index contributed by atoms with van der Waals surface area (Å²) in [5.41, 5.74) is 7.28. The molecule has 0 saturated carbocycles. The van der Waals surface area contributed by atoms with E-state index in [0.717, 1.165) is 30.6 Å². The minimum Gasteiger partial charge on any atom is -0.494 e. The number of hydrogen-bond acceptors (Lipinski definition) is 8. The average Bonchev–Trinajstić information content (AvgIpc) is 2.90. The van der Waals surface area contributed by atoms with Gasteiger partial charge in [0.1, 0.15) is 34.5 Å². The van der Waals surface area contributed by atoms with Crippen LogP contribution < -0.4 is 19.9 Å². The Balaban J connectivity index is 1.59. The fourth-order valence-electron chi connectivity index (χ4n) is 4.11. The zero-order valence-corrected chi connectivity index (χ0v) is 20.2. The number of nitro benzene ring substituents is 1. The molecule has 4 rings (SSSR count). The van der Waals surface area contributed by atoms with Crippen LogP contribution in [-0.2, 0) is 0 Å². The van der Waals surface area contributed by atoms with Crippen molar-refractivity contribution in [3.63, 3.8) is 0 Å². The fourth-order valence-corrected chi connectivity index (χ4v) is 4.11. The highest BCUT2D eigenvalue weighted by Crippen LogP contribution is 2.43. The van der Waals surface area contributed by atoms with Crippen LogP contribution in [0, 0.1) is 21.4 Å². The van der Waals surface area contributed by atoms with Crippen LogP contribution in [0.5, 0.6) is 17.2 Å². The molecule has 0 aromatic heterocycles. The van der Waals surface area contributed by atoms with Crippen LogP contribution in [-0.4, -0.2) is 17.5 Å².